The SMILES string of the molecule is CC1(C)C(c2ccccc2)=NCCc2ccccc21. The van der Waals surface area contributed by atoms with Gasteiger partial charge < -0.3 is 0 Å². The van der Waals surface area contributed by atoms with Gasteiger partial charge in [0.25, 0.3) is 0 Å². The maximum atomic E-state index is 4.88. The summed E-state index contributed by atoms with van der Waals surface area (Å²) in [6.07, 6.45) is 1.04. The topological polar surface area (TPSA) is 12.4 Å². The summed E-state index contributed by atoms with van der Waals surface area (Å²) >= 11 is 0. The molecule has 0 unspecified atom stereocenters. The normalized spacial score (nSPS) is 17.3. The zero-order valence-electron chi connectivity index (χ0n) is 11.6. The summed E-state index contributed by atoms with van der Waals surface area (Å²) in [7, 11) is 0. The van der Waals surface area contributed by atoms with Gasteiger partial charge in [0.05, 0.1) is 5.71 Å². The third-order valence-electron chi connectivity index (χ3n) is 3.98. The lowest BCUT2D eigenvalue weighted by Gasteiger charge is -2.28. The quantitative estimate of drug-likeness (QED) is 0.724. The van der Waals surface area contributed by atoms with Crippen molar-refractivity contribution < 1.29 is 0 Å². The largest absolute Gasteiger partial charge is 0.288 e. The molecule has 96 valence electrons. The van der Waals surface area contributed by atoms with E-state index in [0.717, 1.165) is 13.0 Å². The molecule has 19 heavy (non-hydrogen) atoms. The third kappa shape index (κ3) is 2.10. The molecule has 1 heterocycles. The predicted octanol–water partition coefficient (Wildman–Crippen LogP) is 4.01. The maximum Gasteiger partial charge on any atom is 0.0520 e. The fourth-order valence-electron chi connectivity index (χ4n) is 3.01. The monoisotopic (exact) mass is 249 g/mol. The van der Waals surface area contributed by atoms with Crippen molar-refractivity contribution in [2.24, 2.45) is 4.99 Å². The van der Waals surface area contributed by atoms with E-state index in [4.69, 9.17) is 4.99 Å². The molecule has 2 aromatic rings. The second-order valence-electron chi connectivity index (χ2n) is 5.63. The molecule has 0 saturated heterocycles. The Morgan fingerprint density at radius 1 is 0.895 bits per heavy atom. The van der Waals surface area contributed by atoms with Crippen molar-refractivity contribution in [3.8, 4) is 0 Å². The van der Waals surface area contributed by atoms with E-state index in [1.807, 2.05) is 0 Å². The number of nitrogens with zero attached hydrogens (tertiary/aromatic N) is 1. The zero-order valence-corrected chi connectivity index (χ0v) is 11.6. The van der Waals surface area contributed by atoms with E-state index in [1.165, 1.54) is 22.4 Å². The number of rotatable bonds is 1. The third-order valence-corrected chi connectivity index (χ3v) is 3.98. The van der Waals surface area contributed by atoms with Gasteiger partial charge in [-0.25, -0.2) is 0 Å². The van der Waals surface area contributed by atoms with Crippen LogP contribution < -0.4 is 0 Å². The molecule has 0 N–H and O–H groups in total. The number of hydrogen-bond donors (Lipinski definition) is 0. The van der Waals surface area contributed by atoms with Crippen LogP contribution in [-0.4, -0.2) is 12.3 Å². The Morgan fingerprint density at radius 3 is 2.37 bits per heavy atom. The van der Waals surface area contributed by atoms with Crippen LogP contribution in [0.3, 0.4) is 0 Å². The van der Waals surface area contributed by atoms with Gasteiger partial charge in [0.15, 0.2) is 0 Å². The van der Waals surface area contributed by atoms with Gasteiger partial charge in [-0.05, 0) is 23.1 Å². The van der Waals surface area contributed by atoms with Crippen molar-refractivity contribution in [3.05, 3.63) is 71.3 Å². The van der Waals surface area contributed by atoms with Crippen LogP contribution >= 0.6 is 0 Å². The fourth-order valence-corrected chi connectivity index (χ4v) is 3.01. The van der Waals surface area contributed by atoms with E-state index in [-0.39, 0.29) is 5.41 Å². The lowest BCUT2D eigenvalue weighted by atomic mass is 9.75. The lowest BCUT2D eigenvalue weighted by molar-refractivity contribution is 0.715. The Balaban J connectivity index is 2.15. The summed E-state index contributed by atoms with van der Waals surface area (Å²) in [5.74, 6) is 0. The molecule has 1 aliphatic heterocycles. The number of hydrogen-bond acceptors (Lipinski definition) is 1. The first-order chi connectivity index (χ1) is 9.19. The van der Waals surface area contributed by atoms with E-state index >= 15 is 0 Å². The van der Waals surface area contributed by atoms with E-state index in [1.54, 1.807) is 0 Å². The molecule has 3 rings (SSSR count). The van der Waals surface area contributed by atoms with Crippen LogP contribution in [0.5, 0.6) is 0 Å². The minimum atomic E-state index is -0.0333. The summed E-state index contributed by atoms with van der Waals surface area (Å²) in [6.45, 7) is 5.44. The Morgan fingerprint density at radius 2 is 1.58 bits per heavy atom. The van der Waals surface area contributed by atoms with Crippen LogP contribution in [0.4, 0.5) is 0 Å². The van der Waals surface area contributed by atoms with Gasteiger partial charge in [0.1, 0.15) is 0 Å². The second kappa shape index (κ2) is 4.65. The number of aliphatic imine (C=N–C) groups is 1. The standard InChI is InChI=1S/C18H19N/c1-18(2)16-11-7-6-8-14(16)12-13-19-17(18)15-9-4-3-5-10-15/h3-11H,12-13H2,1-2H3. The smallest absolute Gasteiger partial charge is 0.0520 e. The molecule has 2 aromatic carbocycles. The average Bonchev–Trinajstić information content (AvgIpc) is 2.57. The summed E-state index contributed by atoms with van der Waals surface area (Å²) in [6, 6.07) is 19.3. The number of fused-ring (bicyclic) bond motifs is 1. The van der Waals surface area contributed by atoms with Gasteiger partial charge >= 0.3 is 0 Å². The van der Waals surface area contributed by atoms with Gasteiger partial charge in [-0.3, -0.25) is 4.99 Å². The Kier molecular flexibility index (Phi) is 2.98. The molecule has 0 saturated carbocycles. The van der Waals surface area contributed by atoms with Crippen molar-refractivity contribution >= 4 is 5.71 Å². The summed E-state index contributed by atoms with van der Waals surface area (Å²) in [5, 5.41) is 0. The molecule has 0 atom stereocenters. The van der Waals surface area contributed by atoms with Crippen molar-refractivity contribution in [2.75, 3.05) is 6.54 Å². The molecule has 0 aliphatic carbocycles. The maximum absolute atomic E-state index is 4.88. The average molecular weight is 249 g/mol. The van der Waals surface area contributed by atoms with Crippen molar-refractivity contribution in [2.45, 2.75) is 25.7 Å². The van der Waals surface area contributed by atoms with Gasteiger partial charge in [-0.2, -0.15) is 0 Å². The van der Waals surface area contributed by atoms with Crippen molar-refractivity contribution in [3.63, 3.8) is 0 Å². The van der Waals surface area contributed by atoms with E-state index in [9.17, 15) is 0 Å². The van der Waals surface area contributed by atoms with Gasteiger partial charge in [-0.15, -0.1) is 0 Å². The van der Waals surface area contributed by atoms with E-state index in [0.29, 0.717) is 0 Å². The molecule has 1 aliphatic rings. The van der Waals surface area contributed by atoms with Crippen LogP contribution in [0.2, 0.25) is 0 Å². The molecule has 0 radical (unpaired) electrons. The van der Waals surface area contributed by atoms with Gasteiger partial charge in [0, 0.05) is 12.0 Å². The molecule has 0 bridgehead atoms. The first-order valence-electron chi connectivity index (χ1n) is 6.88. The highest BCUT2D eigenvalue weighted by molar-refractivity contribution is 6.08. The Bertz CT molecular complexity index is 609. The first-order valence-corrected chi connectivity index (χ1v) is 6.88. The van der Waals surface area contributed by atoms with Gasteiger partial charge in [-0.1, -0.05) is 68.4 Å². The summed E-state index contributed by atoms with van der Waals surface area (Å²) in [4.78, 5) is 4.88. The van der Waals surface area contributed by atoms with Crippen LogP contribution in [0, 0.1) is 0 Å². The van der Waals surface area contributed by atoms with Crippen LogP contribution in [0.15, 0.2) is 59.6 Å². The zero-order chi connectivity index (χ0) is 13.3. The predicted molar refractivity (Wildman–Crippen MR) is 81.0 cm³/mol. The van der Waals surface area contributed by atoms with Crippen LogP contribution in [0.1, 0.15) is 30.5 Å². The summed E-state index contributed by atoms with van der Waals surface area (Å²) in [5.41, 5.74) is 5.26. The number of benzene rings is 2. The highest BCUT2D eigenvalue weighted by Gasteiger charge is 2.31. The minimum absolute atomic E-state index is 0.0333. The van der Waals surface area contributed by atoms with Crippen molar-refractivity contribution in [1.29, 1.82) is 0 Å². The first kappa shape index (κ1) is 12.2. The van der Waals surface area contributed by atoms with Crippen LogP contribution in [0.25, 0.3) is 0 Å². The molecule has 1 heteroatoms. The van der Waals surface area contributed by atoms with E-state index in [2.05, 4.69) is 68.4 Å². The molecule has 0 aromatic heterocycles. The molecule has 1 nitrogen and oxygen atoms in total. The molecule has 0 fully saturated rings. The lowest BCUT2D eigenvalue weighted by Crippen LogP contribution is -2.30. The molecular formula is C18H19N. The fraction of sp³-hybridized carbons (Fsp3) is 0.278. The van der Waals surface area contributed by atoms with Crippen molar-refractivity contribution in [1.82, 2.24) is 0 Å². The highest BCUT2D eigenvalue weighted by Crippen LogP contribution is 2.33. The Labute approximate surface area is 115 Å². The van der Waals surface area contributed by atoms with Gasteiger partial charge in [0.2, 0.25) is 0 Å². The van der Waals surface area contributed by atoms with E-state index < -0.39 is 0 Å². The highest BCUT2D eigenvalue weighted by atomic mass is 14.8. The molecule has 0 amide bonds. The van der Waals surface area contributed by atoms with Crippen LogP contribution in [-0.2, 0) is 11.8 Å². The minimum Gasteiger partial charge on any atom is -0.288 e. The molecule has 0 spiro atoms. The Hall–Kier alpha value is -1.89. The summed E-state index contributed by atoms with van der Waals surface area (Å²) < 4.78 is 0. The molecular weight excluding hydrogens is 230 g/mol. The second-order valence-corrected chi connectivity index (χ2v) is 5.63.